The fourth-order valence-electron chi connectivity index (χ4n) is 2.35. The van der Waals surface area contributed by atoms with Crippen LogP contribution in [0.5, 0.6) is 0 Å². The van der Waals surface area contributed by atoms with E-state index in [1.54, 1.807) is 12.1 Å². The van der Waals surface area contributed by atoms with E-state index in [0.717, 1.165) is 22.3 Å². The van der Waals surface area contributed by atoms with Crippen molar-refractivity contribution in [1.82, 2.24) is 0 Å². The minimum absolute atomic E-state index is 0.0753. The molecule has 104 valence electrons. The van der Waals surface area contributed by atoms with E-state index in [9.17, 15) is 10.1 Å². The summed E-state index contributed by atoms with van der Waals surface area (Å²) in [7, 11) is 0. The van der Waals surface area contributed by atoms with Gasteiger partial charge in [0.05, 0.1) is 11.0 Å². The van der Waals surface area contributed by atoms with E-state index in [1.165, 1.54) is 11.6 Å². The maximum atomic E-state index is 10.9. The van der Waals surface area contributed by atoms with Crippen molar-refractivity contribution in [2.45, 2.75) is 26.8 Å². The van der Waals surface area contributed by atoms with Crippen molar-refractivity contribution in [3.8, 4) is 0 Å². The van der Waals surface area contributed by atoms with Crippen molar-refractivity contribution in [3.05, 3.63) is 74.3 Å². The second-order valence-corrected chi connectivity index (χ2v) is 5.06. The zero-order chi connectivity index (χ0) is 14.9. The van der Waals surface area contributed by atoms with Crippen LogP contribution >= 0.6 is 0 Å². The van der Waals surface area contributed by atoms with E-state index < -0.39 is 4.92 Å². The van der Waals surface area contributed by atoms with Gasteiger partial charge in [-0.2, -0.15) is 0 Å². The van der Waals surface area contributed by atoms with Crippen LogP contribution in [0.2, 0.25) is 0 Å². The molecule has 4 nitrogen and oxygen atoms in total. The van der Waals surface area contributed by atoms with Gasteiger partial charge in [0.25, 0.3) is 5.69 Å². The highest BCUT2D eigenvalue weighted by Crippen LogP contribution is 2.29. The summed E-state index contributed by atoms with van der Waals surface area (Å²) in [5, 5.41) is 10.9. The number of rotatable bonds is 3. The molecule has 0 heterocycles. The monoisotopic (exact) mass is 270 g/mol. The molecule has 1 unspecified atom stereocenters. The molecule has 2 aromatic rings. The molecule has 0 saturated heterocycles. The zero-order valence-electron chi connectivity index (χ0n) is 11.9. The van der Waals surface area contributed by atoms with Crippen LogP contribution in [0.4, 0.5) is 5.69 Å². The van der Waals surface area contributed by atoms with Gasteiger partial charge in [-0.3, -0.25) is 10.1 Å². The van der Waals surface area contributed by atoms with Gasteiger partial charge in [0, 0.05) is 12.1 Å². The molecule has 4 heteroatoms. The van der Waals surface area contributed by atoms with Crippen LogP contribution in [-0.4, -0.2) is 4.92 Å². The molecule has 0 aliphatic heterocycles. The van der Waals surface area contributed by atoms with Crippen molar-refractivity contribution in [3.63, 3.8) is 0 Å². The third kappa shape index (κ3) is 2.56. The number of hydrogen-bond donors (Lipinski definition) is 1. The minimum atomic E-state index is -0.390. The number of nitrogens with two attached hydrogens (primary N) is 1. The molecule has 0 bridgehead atoms. The molecule has 2 rings (SSSR count). The smallest absolute Gasteiger partial charge is 0.269 e. The van der Waals surface area contributed by atoms with Gasteiger partial charge in [-0.25, -0.2) is 0 Å². The average Bonchev–Trinajstić information content (AvgIpc) is 2.41. The van der Waals surface area contributed by atoms with Crippen LogP contribution in [0.3, 0.4) is 0 Å². The SMILES string of the molecule is Cc1ccc([N+](=O)[O-])cc1C(N)c1cccc(C)c1C. The highest BCUT2D eigenvalue weighted by Gasteiger charge is 2.17. The zero-order valence-corrected chi connectivity index (χ0v) is 11.9. The summed E-state index contributed by atoms with van der Waals surface area (Å²) in [6.07, 6.45) is 0. The Balaban J connectivity index is 2.53. The van der Waals surface area contributed by atoms with Crippen molar-refractivity contribution in [2.75, 3.05) is 0 Å². The second-order valence-electron chi connectivity index (χ2n) is 5.06. The Labute approximate surface area is 118 Å². The molecule has 2 aromatic carbocycles. The van der Waals surface area contributed by atoms with Gasteiger partial charge >= 0.3 is 0 Å². The summed E-state index contributed by atoms with van der Waals surface area (Å²) in [5.74, 6) is 0. The molecular formula is C16H18N2O2. The predicted molar refractivity (Wildman–Crippen MR) is 79.8 cm³/mol. The molecule has 0 amide bonds. The first-order valence-corrected chi connectivity index (χ1v) is 6.48. The maximum absolute atomic E-state index is 10.9. The molecule has 0 spiro atoms. The van der Waals surface area contributed by atoms with Crippen LogP contribution in [-0.2, 0) is 0 Å². The van der Waals surface area contributed by atoms with Crippen LogP contribution < -0.4 is 5.73 Å². The lowest BCUT2D eigenvalue weighted by atomic mass is 9.91. The maximum Gasteiger partial charge on any atom is 0.269 e. The highest BCUT2D eigenvalue weighted by atomic mass is 16.6. The number of non-ortho nitro benzene ring substituents is 1. The van der Waals surface area contributed by atoms with Crippen LogP contribution in [0, 0.1) is 30.9 Å². The van der Waals surface area contributed by atoms with E-state index >= 15 is 0 Å². The Morgan fingerprint density at radius 2 is 1.75 bits per heavy atom. The summed E-state index contributed by atoms with van der Waals surface area (Å²) in [5.41, 5.74) is 11.5. The van der Waals surface area contributed by atoms with E-state index in [1.807, 2.05) is 39.0 Å². The van der Waals surface area contributed by atoms with Gasteiger partial charge in [0.15, 0.2) is 0 Å². The molecule has 0 fully saturated rings. The number of aryl methyl sites for hydroxylation is 2. The number of nitro benzene ring substituents is 1. The Hall–Kier alpha value is -2.20. The van der Waals surface area contributed by atoms with Gasteiger partial charge in [0.2, 0.25) is 0 Å². The third-order valence-electron chi connectivity index (χ3n) is 3.79. The van der Waals surface area contributed by atoms with Gasteiger partial charge in [-0.05, 0) is 48.6 Å². The lowest BCUT2D eigenvalue weighted by molar-refractivity contribution is -0.384. The molecular weight excluding hydrogens is 252 g/mol. The first kappa shape index (κ1) is 14.2. The number of hydrogen-bond acceptors (Lipinski definition) is 3. The lowest BCUT2D eigenvalue weighted by Gasteiger charge is -2.18. The molecule has 2 N–H and O–H groups in total. The number of nitro groups is 1. The number of nitrogens with zero attached hydrogens (tertiary/aromatic N) is 1. The summed E-state index contributed by atoms with van der Waals surface area (Å²) in [6.45, 7) is 5.98. The van der Waals surface area contributed by atoms with Gasteiger partial charge in [0.1, 0.15) is 0 Å². The molecule has 0 aromatic heterocycles. The Kier molecular flexibility index (Phi) is 3.86. The van der Waals surface area contributed by atoms with Gasteiger partial charge in [-0.1, -0.05) is 24.3 Å². The van der Waals surface area contributed by atoms with E-state index in [2.05, 4.69) is 0 Å². The summed E-state index contributed by atoms with van der Waals surface area (Å²) >= 11 is 0. The fourth-order valence-corrected chi connectivity index (χ4v) is 2.35. The van der Waals surface area contributed by atoms with Crippen LogP contribution in [0.15, 0.2) is 36.4 Å². The lowest BCUT2D eigenvalue weighted by Crippen LogP contribution is -2.15. The first-order chi connectivity index (χ1) is 9.41. The molecule has 0 radical (unpaired) electrons. The predicted octanol–water partition coefficient (Wildman–Crippen LogP) is 3.57. The standard InChI is InChI=1S/C16H18N2O2/c1-10-5-4-6-14(12(10)3)16(17)15-9-13(18(19)20)8-7-11(15)2/h4-9,16H,17H2,1-3H3. The largest absolute Gasteiger partial charge is 0.320 e. The highest BCUT2D eigenvalue weighted by molar-refractivity contribution is 5.47. The Bertz CT molecular complexity index is 666. The quantitative estimate of drug-likeness (QED) is 0.684. The van der Waals surface area contributed by atoms with E-state index in [-0.39, 0.29) is 11.7 Å². The molecule has 1 atom stereocenters. The van der Waals surface area contributed by atoms with Gasteiger partial charge < -0.3 is 5.73 Å². The van der Waals surface area contributed by atoms with Crippen LogP contribution in [0.25, 0.3) is 0 Å². The number of benzene rings is 2. The molecule has 0 aliphatic rings. The van der Waals surface area contributed by atoms with Crippen molar-refractivity contribution >= 4 is 5.69 Å². The van der Waals surface area contributed by atoms with Crippen molar-refractivity contribution in [1.29, 1.82) is 0 Å². The fraction of sp³-hybridized carbons (Fsp3) is 0.250. The molecule has 20 heavy (non-hydrogen) atoms. The Morgan fingerprint density at radius 1 is 1.05 bits per heavy atom. The van der Waals surface area contributed by atoms with Crippen LogP contribution in [0.1, 0.15) is 33.9 Å². The minimum Gasteiger partial charge on any atom is -0.320 e. The summed E-state index contributed by atoms with van der Waals surface area (Å²) in [4.78, 5) is 10.5. The Morgan fingerprint density at radius 3 is 2.40 bits per heavy atom. The normalized spacial score (nSPS) is 12.2. The van der Waals surface area contributed by atoms with Crippen molar-refractivity contribution in [2.24, 2.45) is 5.73 Å². The van der Waals surface area contributed by atoms with Crippen molar-refractivity contribution < 1.29 is 4.92 Å². The molecule has 0 aliphatic carbocycles. The summed E-state index contributed by atoms with van der Waals surface area (Å²) in [6, 6.07) is 10.4. The van der Waals surface area contributed by atoms with E-state index in [0.29, 0.717) is 0 Å². The third-order valence-corrected chi connectivity index (χ3v) is 3.79. The second kappa shape index (κ2) is 5.43. The average molecular weight is 270 g/mol. The van der Waals surface area contributed by atoms with E-state index in [4.69, 9.17) is 5.73 Å². The first-order valence-electron chi connectivity index (χ1n) is 6.48. The molecule has 0 saturated carbocycles. The topological polar surface area (TPSA) is 69.2 Å². The summed E-state index contributed by atoms with van der Waals surface area (Å²) < 4.78 is 0. The van der Waals surface area contributed by atoms with Gasteiger partial charge in [-0.15, -0.1) is 0 Å².